The number of nitrogens with zero attached hydrogens (tertiary/aromatic N) is 2. The second-order valence-corrected chi connectivity index (χ2v) is 5.26. The van der Waals surface area contributed by atoms with Crippen molar-refractivity contribution in [3.8, 4) is 0 Å². The number of aldehydes is 1. The summed E-state index contributed by atoms with van der Waals surface area (Å²) < 4.78 is 0. The van der Waals surface area contributed by atoms with Crippen LogP contribution < -0.4 is 5.01 Å². The van der Waals surface area contributed by atoms with Crippen molar-refractivity contribution < 1.29 is 9.59 Å². The number of ketones is 1. The number of rotatable bonds is 4. The van der Waals surface area contributed by atoms with Crippen LogP contribution in [-0.2, 0) is 4.79 Å². The third-order valence-electron chi connectivity index (χ3n) is 3.84. The van der Waals surface area contributed by atoms with E-state index in [0.717, 1.165) is 12.0 Å². The summed E-state index contributed by atoms with van der Waals surface area (Å²) in [7, 11) is 0. The average Bonchev–Trinajstić information content (AvgIpc) is 2.92. The lowest BCUT2D eigenvalue weighted by atomic mass is 9.88. The Hall–Kier alpha value is -2.75. The van der Waals surface area contributed by atoms with Crippen molar-refractivity contribution in [2.75, 3.05) is 5.01 Å². The van der Waals surface area contributed by atoms with E-state index in [9.17, 15) is 9.59 Å². The largest absolute Gasteiger partial charge is 0.301 e. The minimum Gasteiger partial charge on any atom is -0.301 e. The van der Waals surface area contributed by atoms with E-state index >= 15 is 0 Å². The van der Waals surface area contributed by atoms with Crippen molar-refractivity contribution in [3.63, 3.8) is 0 Å². The molecule has 3 rings (SSSR count). The van der Waals surface area contributed by atoms with Gasteiger partial charge in [-0.3, -0.25) is 9.80 Å². The highest BCUT2D eigenvalue weighted by Crippen LogP contribution is 2.29. The van der Waals surface area contributed by atoms with Gasteiger partial charge in [-0.2, -0.15) is 5.10 Å². The van der Waals surface area contributed by atoms with Crippen LogP contribution in [0.3, 0.4) is 0 Å². The maximum atomic E-state index is 12.7. The zero-order valence-electron chi connectivity index (χ0n) is 12.2. The number of hydrazone groups is 1. The predicted molar refractivity (Wildman–Crippen MR) is 86.1 cm³/mol. The molecule has 0 N–H and O–H groups in total. The van der Waals surface area contributed by atoms with Gasteiger partial charge in [0.2, 0.25) is 0 Å². The summed E-state index contributed by atoms with van der Waals surface area (Å²) in [5, 5.41) is 6.07. The van der Waals surface area contributed by atoms with E-state index in [4.69, 9.17) is 0 Å². The second-order valence-electron chi connectivity index (χ2n) is 5.26. The molecular weight excluding hydrogens is 276 g/mol. The average molecular weight is 292 g/mol. The Bertz CT molecular complexity index is 710. The van der Waals surface area contributed by atoms with Gasteiger partial charge in [0.1, 0.15) is 12.3 Å². The van der Waals surface area contributed by atoms with E-state index in [-0.39, 0.29) is 5.78 Å². The molecule has 0 saturated carbocycles. The molecule has 0 amide bonds. The summed E-state index contributed by atoms with van der Waals surface area (Å²) in [4.78, 5) is 24.4. The summed E-state index contributed by atoms with van der Waals surface area (Å²) in [6.07, 6.45) is 0.804. The van der Waals surface area contributed by atoms with E-state index in [0.29, 0.717) is 11.3 Å². The number of anilines is 1. The molecule has 1 heterocycles. The first-order valence-corrected chi connectivity index (χ1v) is 7.16. The number of carbonyl (C=O) groups is 2. The van der Waals surface area contributed by atoms with Crippen molar-refractivity contribution in [2.24, 2.45) is 11.0 Å². The van der Waals surface area contributed by atoms with Gasteiger partial charge in [-0.1, -0.05) is 48.5 Å². The lowest BCUT2D eigenvalue weighted by Gasteiger charge is -2.22. The first kappa shape index (κ1) is 14.2. The molecule has 2 aromatic carbocycles. The lowest BCUT2D eigenvalue weighted by molar-refractivity contribution is -0.109. The van der Waals surface area contributed by atoms with Gasteiger partial charge in [0.05, 0.1) is 11.6 Å². The van der Waals surface area contributed by atoms with Crippen molar-refractivity contribution in [3.05, 3.63) is 66.2 Å². The fraction of sp³-hybridized carbons (Fsp3) is 0.167. The Kier molecular flexibility index (Phi) is 3.83. The fourth-order valence-electron chi connectivity index (χ4n) is 2.76. The smallest absolute Gasteiger partial charge is 0.174 e. The summed E-state index contributed by atoms with van der Waals surface area (Å²) in [6, 6.07) is 17.9. The molecule has 110 valence electrons. The monoisotopic (exact) mass is 292 g/mol. The molecular formula is C18H16N2O2. The third kappa shape index (κ3) is 2.44. The molecule has 0 aromatic heterocycles. The van der Waals surface area contributed by atoms with Gasteiger partial charge >= 0.3 is 0 Å². The summed E-state index contributed by atoms with van der Waals surface area (Å²) in [5.41, 5.74) is 2.07. The van der Waals surface area contributed by atoms with Gasteiger partial charge in [-0.15, -0.1) is 0 Å². The number of hydrogen-bond donors (Lipinski definition) is 0. The molecule has 1 aliphatic rings. The van der Waals surface area contributed by atoms with Crippen LogP contribution in [0, 0.1) is 5.92 Å². The Morgan fingerprint density at radius 1 is 1.05 bits per heavy atom. The van der Waals surface area contributed by atoms with Gasteiger partial charge in [-0.25, -0.2) is 0 Å². The van der Waals surface area contributed by atoms with E-state index < -0.39 is 12.0 Å². The fourth-order valence-corrected chi connectivity index (χ4v) is 2.76. The molecule has 1 aliphatic heterocycles. The molecule has 2 unspecified atom stereocenters. The van der Waals surface area contributed by atoms with Crippen molar-refractivity contribution >= 4 is 23.5 Å². The van der Waals surface area contributed by atoms with Crippen LogP contribution in [0.5, 0.6) is 0 Å². The summed E-state index contributed by atoms with van der Waals surface area (Å²) in [6.45, 7) is 1.80. The zero-order chi connectivity index (χ0) is 15.5. The van der Waals surface area contributed by atoms with Crippen LogP contribution in [0.1, 0.15) is 17.3 Å². The molecule has 0 aliphatic carbocycles. The van der Waals surface area contributed by atoms with Crippen molar-refractivity contribution in [2.45, 2.75) is 13.0 Å². The number of hydrogen-bond acceptors (Lipinski definition) is 4. The molecule has 2 aromatic rings. The molecule has 22 heavy (non-hydrogen) atoms. The molecule has 0 saturated heterocycles. The number of para-hydroxylation sites is 1. The summed E-state index contributed by atoms with van der Waals surface area (Å²) in [5.74, 6) is -0.613. The number of benzene rings is 2. The molecule has 0 bridgehead atoms. The van der Waals surface area contributed by atoms with Gasteiger partial charge in [0.25, 0.3) is 0 Å². The van der Waals surface area contributed by atoms with Gasteiger partial charge in [0, 0.05) is 11.3 Å². The van der Waals surface area contributed by atoms with Crippen LogP contribution in [0.15, 0.2) is 65.8 Å². The maximum absolute atomic E-state index is 12.7. The van der Waals surface area contributed by atoms with Crippen LogP contribution >= 0.6 is 0 Å². The minimum absolute atomic E-state index is 0.0719. The highest BCUT2D eigenvalue weighted by molar-refractivity contribution is 6.15. The van der Waals surface area contributed by atoms with Crippen LogP contribution in [0.2, 0.25) is 0 Å². The number of Topliss-reactive ketones (excluding diaryl/α,β-unsaturated/α-hetero) is 1. The Labute approximate surface area is 129 Å². The molecule has 4 heteroatoms. The van der Waals surface area contributed by atoms with E-state index in [1.165, 1.54) is 0 Å². The normalized spacial score (nSPS) is 20.6. The molecule has 0 radical (unpaired) electrons. The van der Waals surface area contributed by atoms with Crippen molar-refractivity contribution in [1.29, 1.82) is 0 Å². The molecule has 0 fully saturated rings. The SMILES string of the molecule is CC1=NN(c2ccccc2)C(C=O)C1C(=O)c1ccccc1. The van der Waals surface area contributed by atoms with E-state index in [2.05, 4.69) is 5.10 Å². The highest BCUT2D eigenvalue weighted by Gasteiger charge is 2.40. The Morgan fingerprint density at radius 3 is 2.23 bits per heavy atom. The third-order valence-corrected chi connectivity index (χ3v) is 3.84. The van der Waals surface area contributed by atoms with E-state index in [1.54, 1.807) is 24.1 Å². The molecule has 0 spiro atoms. The maximum Gasteiger partial charge on any atom is 0.174 e. The lowest BCUT2D eigenvalue weighted by Crippen LogP contribution is -2.38. The van der Waals surface area contributed by atoms with Gasteiger partial charge in [0.15, 0.2) is 5.78 Å². The zero-order valence-corrected chi connectivity index (χ0v) is 12.2. The highest BCUT2D eigenvalue weighted by atomic mass is 16.1. The quantitative estimate of drug-likeness (QED) is 0.643. The van der Waals surface area contributed by atoms with Crippen LogP contribution in [0.4, 0.5) is 5.69 Å². The van der Waals surface area contributed by atoms with Crippen LogP contribution in [-0.4, -0.2) is 23.8 Å². The Balaban J connectivity index is 1.95. The van der Waals surface area contributed by atoms with E-state index in [1.807, 2.05) is 48.5 Å². The molecule has 2 atom stereocenters. The van der Waals surface area contributed by atoms with Crippen LogP contribution in [0.25, 0.3) is 0 Å². The topological polar surface area (TPSA) is 49.7 Å². The predicted octanol–water partition coefficient (Wildman–Crippen LogP) is 2.95. The standard InChI is InChI=1S/C18H16N2O2/c1-13-17(18(22)14-8-4-2-5-9-14)16(12-21)20(19-13)15-10-6-3-7-11-15/h2-12,16-17H,1H3. The Morgan fingerprint density at radius 2 is 1.64 bits per heavy atom. The first-order chi connectivity index (χ1) is 10.7. The number of carbonyl (C=O) groups excluding carboxylic acids is 2. The van der Waals surface area contributed by atoms with Crippen molar-refractivity contribution in [1.82, 2.24) is 0 Å². The van der Waals surface area contributed by atoms with Gasteiger partial charge < -0.3 is 4.79 Å². The molecule has 4 nitrogen and oxygen atoms in total. The minimum atomic E-state index is -0.602. The summed E-state index contributed by atoms with van der Waals surface area (Å²) >= 11 is 0. The second kappa shape index (κ2) is 5.93. The first-order valence-electron chi connectivity index (χ1n) is 7.16. The van der Waals surface area contributed by atoms with Gasteiger partial charge in [-0.05, 0) is 19.1 Å².